The fourth-order valence-corrected chi connectivity index (χ4v) is 6.51. The number of rotatable bonds is 3. The van der Waals surface area contributed by atoms with Crippen LogP contribution in [0.4, 0.5) is 0 Å². The number of sulfonamides is 1. The van der Waals surface area contributed by atoms with E-state index in [4.69, 9.17) is 5.73 Å². The van der Waals surface area contributed by atoms with Gasteiger partial charge in [0.1, 0.15) is 0 Å². The quantitative estimate of drug-likeness (QED) is 0.932. The third-order valence-corrected chi connectivity index (χ3v) is 7.64. The van der Waals surface area contributed by atoms with Gasteiger partial charge in [0.15, 0.2) is 0 Å². The molecule has 1 aromatic heterocycles. The van der Waals surface area contributed by atoms with Gasteiger partial charge in [-0.15, -0.1) is 11.3 Å². The molecule has 3 rings (SSSR count). The molecule has 0 amide bonds. The zero-order chi connectivity index (χ0) is 14.2. The molecule has 1 aliphatic carbocycles. The van der Waals surface area contributed by atoms with Crippen LogP contribution < -0.4 is 5.73 Å². The minimum atomic E-state index is -3.33. The van der Waals surface area contributed by atoms with Crippen molar-refractivity contribution in [1.29, 1.82) is 0 Å². The Morgan fingerprint density at radius 3 is 2.75 bits per heavy atom. The lowest BCUT2D eigenvalue weighted by Gasteiger charge is -2.42. The minimum Gasteiger partial charge on any atom is -0.326 e. The predicted octanol–water partition coefficient (Wildman–Crippen LogP) is 2.55. The van der Waals surface area contributed by atoms with Crippen molar-refractivity contribution in [1.82, 2.24) is 4.31 Å². The Hall–Kier alpha value is -0.430. The van der Waals surface area contributed by atoms with Gasteiger partial charge in [-0.25, -0.2) is 8.42 Å². The van der Waals surface area contributed by atoms with Gasteiger partial charge >= 0.3 is 0 Å². The van der Waals surface area contributed by atoms with Crippen LogP contribution in [-0.2, 0) is 16.6 Å². The Morgan fingerprint density at radius 2 is 2.00 bits per heavy atom. The van der Waals surface area contributed by atoms with Crippen LogP contribution in [0.25, 0.3) is 0 Å². The second-order valence-corrected chi connectivity index (χ2v) is 8.71. The van der Waals surface area contributed by atoms with Crippen molar-refractivity contribution in [3.05, 3.63) is 16.3 Å². The zero-order valence-corrected chi connectivity index (χ0v) is 13.3. The molecule has 4 nitrogen and oxygen atoms in total. The zero-order valence-electron chi connectivity index (χ0n) is 11.6. The van der Waals surface area contributed by atoms with Gasteiger partial charge in [0.25, 0.3) is 0 Å². The third-order valence-electron chi connectivity index (χ3n) is 4.63. The monoisotopic (exact) mass is 314 g/mol. The van der Waals surface area contributed by atoms with Gasteiger partial charge in [-0.3, -0.25) is 0 Å². The summed E-state index contributed by atoms with van der Waals surface area (Å²) in [5.41, 5.74) is 5.59. The molecule has 2 fully saturated rings. The number of piperidine rings is 1. The molecule has 1 aliphatic heterocycles. The van der Waals surface area contributed by atoms with Crippen LogP contribution in [0.2, 0.25) is 0 Å². The average Bonchev–Trinajstić information content (AvgIpc) is 2.96. The fraction of sp³-hybridized carbons (Fsp3) is 0.714. The van der Waals surface area contributed by atoms with Crippen molar-refractivity contribution in [3.63, 3.8) is 0 Å². The van der Waals surface area contributed by atoms with E-state index in [9.17, 15) is 8.42 Å². The van der Waals surface area contributed by atoms with E-state index in [0.29, 0.717) is 23.9 Å². The predicted molar refractivity (Wildman–Crippen MR) is 81.1 cm³/mol. The van der Waals surface area contributed by atoms with E-state index in [0.717, 1.165) is 24.1 Å². The largest absolute Gasteiger partial charge is 0.326 e. The van der Waals surface area contributed by atoms with Crippen LogP contribution in [0.5, 0.6) is 0 Å². The number of thiophene rings is 1. The van der Waals surface area contributed by atoms with E-state index in [-0.39, 0.29) is 6.04 Å². The highest BCUT2D eigenvalue weighted by molar-refractivity contribution is 7.89. The van der Waals surface area contributed by atoms with E-state index >= 15 is 0 Å². The van der Waals surface area contributed by atoms with Crippen LogP contribution in [0, 0.1) is 5.92 Å². The molecular formula is C14H22N2O2S2. The maximum atomic E-state index is 12.9. The third kappa shape index (κ3) is 2.54. The highest BCUT2D eigenvalue weighted by Crippen LogP contribution is 2.38. The van der Waals surface area contributed by atoms with Crippen molar-refractivity contribution in [2.45, 2.75) is 56.0 Å². The summed E-state index contributed by atoms with van der Waals surface area (Å²) >= 11 is 1.44. The molecule has 2 heterocycles. The van der Waals surface area contributed by atoms with Gasteiger partial charge in [-0.1, -0.05) is 12.8 Å². The molecule has 1 aromatic rings. The molecule has 2 aliphatic rings. The minimum absolute atomic E-state index is 0.226. The van der Waals surface area contributed by atoms with Gasteiger partial charge in [-0.2, -0.15) is 4.31 Å². The van der Waals surface area contributed by atoms with E-state index in [2.05, 4.69) is 0 Å². The van der Waals surface area contributed by atoms with Crippen LogP contribution >= 0.6 is 11.3 Å². The summed E-state index contributed by atoms with van der Waals surface area (Å²) in [6, 6.07) is 1.97. The van der Waals surface area contributed by atoms with Crippen LogP contribution in [0.15, 0.2) is 16.3 Å². The van der Waals surface area contributed by atoms with Crippen molar-refractivity contribution >= 4 is 21.4 Å². The topological polar surface area (TPSA) is 63.4 Å². The lowest BCUT2D eigenvalue weighted by molar-refractivity contribution is 0.129. The van der Waals surface area contributed by atoms with Gasteiger partial charge in [-0.05, 0) is 37.7 Å². The van der Waals surface area contributed by atoms with E-state index in [1.807, 2.05) is 0 Å². The molecule has 2 N–H and O–H groups in total. The molecule has 0 bridgehead atoms. The Bertz CT molecular complexity index is 565. The van der Waals surface area contributed by atoms with Crippen LogP contribution in [0.1, 0.15) is 43.4 Å². The summed E-state index contributed by atoms with van der Waals surface area (Å²) < 4.78 is 27.5. The number of nitrogens with two attached hydrogens (primary N) is 1. The Morgan fingerprint density at radius 1 is 1.25 bits per heavy atom. The molecule has 20 heavy (non-hydrogen) atoms. The van der Waals surface area contributed by atoms with Crippen molar-refractivity contribution in [3.8, 4) is 0 Å². The summed E-state index contributed by atoms with van der Waals surface area (Å²) in [6.45, 7) is 1.09. The second-order valence-electron chi connectivity index (χ2n) is 5.82. The molecular weight excluding hydrogens is 292 g/mol. The first-order valence-corrected chi connectivity index (χ1v) is 9.74. The number of fused-ring (bicyclic) bond motifs is 1. The van der Waals surface area contributed by atoms with E-state index in [1.165, 1.54) is 30.6 Å². The second kappa shape index (κ2) is 5.75. The standard InChI is InChI=1S/C14H22N2O2S2/c15-9-12-8-13(10-19-12)20(17,18)16-7-3-5-11-4-1-2-6-14(11)16/h8,10-11,14H,1-7,9,15H2/t11-,14-/m1/s1. The average molecular weight is 314 g/mol. The first-order chi connectivity index (χ1) is 9.63. The Balaban J connectivity index is 1.89. The molecule has 1 saturated carbocycles. The summed E-state index contributed by atoms with van der Waals surface area (Å²) in [6.07, 6.45) is 6.81. The summed E-state index contributed by atoms with van der Waals surface area (Å²) in [5, 5.41) is 1.74. The first kappa shape index (κ1) is 14.5. The van der Waals surface area contributed by atoms with Gasteiger partial charge in [0, 0.05) is 29.4 Å². The van der Waals surface area contributed by atoms with Crippen molar-refractivity contribution in [2.75, 3.05) is 6.54 Å². The smallest absolute Gasteiger partial charge is 0.244 e. The van der Waals surface area contributed by atoms with Gasteiger partial charge in [0.2, 0.25) is 10.0 Å². The van der Waals surface area contributed by atoms with Gasteiger partial charge in [0.05, 0.1) is 4.90 Å². The van der Waals surface area contributed by atoms with Crippen molar-refractivity contribution < 1.29 is 8.42 Å². The SMILES string of the molecule is NCc1cc(S(=O)(=O)N2CCC[C@H]3CCCC[C@H]32)cs1. The molecule has 0 spiro atoms. The molecule has 6 heteroatoms. The van der Waals surface area contributed by atoms with Crippen molar-refractivity contribution in [2.24, 2.45) is 11.7 Å². The maximum Gasteiger partial charge on any atom is 0.244 e. The molecule has 0 unspecified atom stereocenters. The highest BCUT2D eigenvalue weighted by Gasteiger charge is 2.40. The summed E-state index contributed by atoms with van der Waals surface area (Å²) in [5.74, 6) is 0.569. The number of hydrogen-bond donors (Lipinski definition) is 1. The van der Waals surface area contributed by atoms with E-state index in [1.54, 1.807) is 15.8 Å². The molecule has 2 atom stereocenters. The summed E-state index contributed by atoms with van der Waals surface area (Å²) in [7, 11) is -3.33. The fourth-order valence-electron chi connectivity index (χ4n) is 3.62. The molecule has 0 radical (unpaired) electrons. The lowest BCUT2D eigenvalue weighted by Crippen LogP contribution is -2.49. The van der Waals surface area contributed by atoms with Gasteiger partial charge < -0.3 is 5.73 Å². The first-order valence-electron chi connectivity index (χ1n) is 7.42. The normalized spacial score (nSPS) is 28.2. The maximum absolute atomic E-state index is 12.9. The molecule has 1 saturated heterocycles. The Labute approximate surface area is 125 Å². The Kier molecular flexibility index (Phi) is 4.17. The van der Waals surface area contributed by atoms with Crippen LogP contribution in [0.3, 0.4) is 0 Å². The summed E-state index contributed by atoms with van der Waals surface area (Å²) in [4.78, 5) is 1.37. The number of hydrogen-bond acceptors (Lipinski definition) is 4. The molecule has 112 valence electrons. The van der Waals surface area contributed by atoms with Crippen LogP contribution in [-0.4, -0.2) is 25.3 Å². The molecule has 0 aromatic carbocycles. The number of nitrogens with zero attached hydrogens (tertiary/aromatic N) is 1. The lowest BCUT2D eigenvalue weighted by atomic mass is 9.79. The van der Waals surface area contributed by atoms with E-state index < -0.39 is 10.0 Å². The highest BCUT2D eigenvalue weighted by atomic mass is 32.2.